The van der Waals surface area contributed by atoms with Gasteiger partial charge in [0.2, 0.25) is 11.6 Å². The summed E-state index contributed by atoms with van der Waals surface area (Å²) in [6, 6.07) is 14.2. The number of rotatable bonds is 7. The number of carbonyl (C=O) groups is 1. The highest BCUT2D eigenvalue weighted by molar-refractivity contribution is 5.92. The first-order chi connectivity index (χ1) is 15.7. The highest BCUT2D eigenvalue weighted by atomic mass is 19.1. The van der Waals surface area contributed by atoms with Crippen molar-refractivity contribution in [3.63, 3.8) is 0 Å². The monoisotopic (exact) mass is 434 g/mol. The van der Waals surface area contributed by atoms with Crippen LogP contribution in [-0.4, -0.2) is 44.0 Å². The molecule has 160 valence electrons. The summed E-state index contributed by atoms with van der Waals surface area (Å²) in [4.78, 5) is 12.2. The molecule has 1 N–H and O–H groups in total. The van der Waals surface area contributed by atoms with Gasteiger partial charge in [-0.15, -0.1) is 15.3 Å². The van der Waals surface area contributed by atoms with E-state index in [0.717, 1.165) is 0 Å². The molecule has 32 heavy (non-hydrogen) atoms. The Hall–Kier alpha value is -4.54. The Bertz CT molecular complexity index is 1380. The van der Waals surface area contributed by atoms with Crippen molar-refractivity contribution in [3.05, 3.63) is 72.4 Å². The SMILES string of the molecule is O=C(NCCOc1ccc2nnc(-c3cccc(F)c3)n2n1)c1cc(-c2ccco2)on1. The summed E-state index contributed by atoms with van der Waals surface area (Å²) in [6.07, 6.45) is 1.50. The third-order valence-corrected chi connectivity index (χ3v) is 4.47. The van der Waals surface area contributed by atoms with Crippen LogP contribution in [0.5, 0.6) is 5.88 Å². The predicted octanol–water partition coefficient (Wildman–Crippen LogP) is 2.99. The highest BCUT2D eigenvalue weighted by Gasteiger charge is 2.15. The standard InChI is InChI=1S/C21H15FN6O4/c22-14-4-1-3-13(11-14)20-25-24-18-6-7-19(26-28(18)20)31-10-8-23-21(29)15-12-17(32-27-15)16-5-2-9-30-16/h1-7,9,11-12H,8,10H2,(H,23,29). The minimum absolute atomic E-state index is 0.125. The van der Waals surface area contributed by atoms with E-state index in [1.165, 1.54) is 29.0 Å². The van der Waals surface area contributed by atoms with E-state index in [1.54, 1.807) is 36.4 Å². The first-order valence-electron chi connectivity index (χ1n) is 9.57. The van der Waals surface area contributed by atoms with Crippen molar-refractivity contribution in [2.45, 2.75) is 0 Å². The molecular weight excluding hydrogens is 419 g/mol. The largest absolute Gasteiger partial charge is 0.475 e. The average molecular weight is 434 g/mol. The summed E-state index contributed by atoms with van der Waals surface area (Å²) in [5.41, 5.74) is 1.15. The van der Waals surface area contributed by atoms with Crippen LogP contribution in [0.3, 0.4) is 0 Å². The molecule has 0 spiro atoms. The topological polar surface area (TPSA) is 121 Å². The Morgan fingerprint density at radius 3 is 2.88 bits per heavy atom. The van der Waals surface area contributed by atoms with Crippen LogP contribution in [0, 0.1) is 5.82 Å². The van der Waals surface area contributed by atoms with Crippen LogP contribution in [0.2, 0.25) is 0 Å². The molecular formula is C21H15FN6O4. The molecule has 0 saturated carbocycles. The van der Waals surface area contributed by atoms with Crippen molar-refractivity contribution in [2.24, 2.45) is 0 Å². The predicted molar refractivity (Wildman–Crippen MR) is 108 cm³/mol. The van der Waals surface area contributed by atoms with Crippen LogP contribution >= 0.6 is 0 Å². The van der Waals surface area contributed by atoms with E-state index in [-0.39, 0.29) is 24.7 Å². The number of ether oxygens (including phenoxy) is 1. The molecule has 10 nitrogen and oxygen atoms in total. The van der Waals surface area contributed by atoms with Crippen molar-refractivity contribution in [1.29, 1.82) is 0 Å². The molecule has 0 saturated heterocycles. The number of nitrogens with zero attached hydrogens (tertiary/aromatic N) is 5. The number of halogens is 1. The van der Waals surface area contributed by atoms with Gasteiger partial charge in [0.1, 0.15) is 12.4 Å². The quantitative estimate of drug-likeness (QED) is 0.388. The molecule has 0 aliphatic carbocycles. The molecule has 5 aromatic rings. The molecule has 0 radical (unpaired) electrons. The summed E-state index contributed by atoms with van der Waals surface area (Å²) in [7, 11) is 0. The lowest BCUT2D eigenvalue weighted by Crippen LogP contribution is -2.28. The van der Waals surface area contributed by atoms with Crippen LogP contribution in [0.15, 0.2) is 69.8 Å². The third kappa shape index (κ3) is 3.90. The molecule has 1 aromatic carbocycles. The van der Waals surface area contributed by atoms with Crippen molar-refractivity contribution in [2.75, 3.05) is 13.2 Å². The second-order valence-electron chi connectivity index (χ2n) is 6.63. The van der Waals surface area contributed by atoms with Crippen LogP contribution in [0.4, 0.5) is 4.39 Å². The lowest BCUT2D eigenvalue weighted by Gasteiger charge is -2.07. The van der Waals surface area contributed by atoms with Gasteiger partial charge in [-0.3, -0.25) is 4.79 Å². The summed E-state index contributed by atoms with van der Waals surface area (Å²) >= 11 is 0. The number of aromatic nitrogens is 5. The zero-order chi connectivity index (χ0) is 21.9. The Morgan fingerprint density at radius 1 is 1.09 bits per heavy atom. The Labute approximate surface area is 179 Å². The Morgan fingerprint density at radius 2 is 2.03 bits per heavy atom. The number of hydrogen-bond acceptors (Lipinski definition) is 8. The molecule has 0 aliphatic heterocycles. The van der Waals surface area contributed by atoms with Crippen molar-refractivity contribution in [3.8, 4) is 28.8 Å². The lowest BCUT2D eigenvalue weighted by atomic mass is 10.2. The summed E-state index contributed by atoms with van der Waals surface area (Å²) < 4.78 is 30.9. The van der Waals surface area contributed by atoms with Crippen molar-refractivity contribution >= 4 is 11.6 Å². The first kappa shape index (κ1) is 19.4. The Balaban J connectivity index is 1.20. The van der Waals surface area contributed by atoms with Gasteiger partial charge in [-0.05, 0) is 30.3 Å². The van der Waals surface area contributed by atoms with Gasteiger partial charge >= 0.3 is 0 Å². The number of fused-ring (bicyclic) bond motifs is 1. The minimum atomic E-state index is -0.411. The van der Waals surface area contributed by atoms with E-state index in [0.29, 0.717) is 34.4 Å². The van der Waals surface area contributed by atoms with Crippen LogP contribution < -0.4 is 10.1 Å². The van der Waals surface area contributed by atoms with Crippen LogP contribution in [0.1, 0.15) is 10.5 Å². The van der Waals surface area contributed by atoms with E-state index in [4.69, 9.17) is 13.7 Å². The second kappa shape index (κ2) is 8.30. The molecule has 4 heterocycles. The van der Waals surface area contributed by atoms with E-state index in [2.05, 4.69) is 25.8 Å². The van der Waals surface area contributed by atoms with Gasteiger partial charge in [0.05, 0.1) is 12.8 Å². The molecule has 0 fully saturated rings. The van der Waals surface area contributed by atoms with Gasteiger partial charge in [0.25, 0.3) is 5.91 Å². The summed E-state index contributed by atoms with van der Waals surface area (Å²) in [5.74, 6) is 0.726. The van der Waals surface area contributed by atoms with Crippen molar-refractivity contribution < 1.29 is 22.9 Å². The molecule has 5 rings (SSSR count). The zero-order valence-corrected chi connectivity index (χ0v) is 16.4. The minimum Gasteiger partial charge on any atom is -0.475 e. The molecule has 1 amide bonds. The average Bonchev–Trinajstić information content (AvgIpc) is 3.56. The number of amides is 1. The molecule has 0 unspecified atom stereocenters. The molecule has 0 bridgehead atoms. The van der Waals surface area contributed by atoms with Gasteiger partial charge in [-0.2, -0.15) is 4.52 Å². The third-order valence-electron chi connectivity index (χ3n) is 4.47. The number of furan rings is 1. The number of hydrogen-bond donors (Lipinski definition) is 1. The second-order valence-corrected chi connectivity index (χ2v) is 6.63. The van der Waals surface area contributed by atoms with E-state index in [1.807, 2.05) is 0 Å². The highest BCUT2D eigenvalue weighted by Crippen LogP contribution is 2.21. The van der Waals surface area contributed by atoms with Gasteiger partial charge in [-0.25, -0.2) is 4.39 Å². The summed E-state index contributed by atoms with van der Waals surface area (Å²) in [5, 5.41) is 18.9. The van der Waals surface area contributed by atoms with E-state index in [9.17, 15) is 9.18 Å². The molecule has 4 aromatic heterocycles. The maximum absolute atomic E-state index is 13.6. The van der Waals surface area contributed by atoms with Gasteiger partial charge in [0, 0.05) is 17.7 Å². The molecule has 0 aliphatic rings. The van der Waals surface area contributed by atoms with Gasteiger partial charge in [0.15, 0.2) is 22.9 Å². The van der Waals surface area contributed by atoms with Crippen LogP contribution in [-0.2, 0) is 0 Å². The van der Waals surface area contributed by atoms with Crippen molar-refractivity contribution in [1.82, 2.24) is 30.3 Å². The van der Waals surface area contributed by atoms with Gasteiger partial charge < -0.3 is 19.0 Å². The first-order valence-corrected chi connectivity index (χ1v) is 9.57. The maximum atomic E-state index is 13.6. The number of nitrogens with one attached hydrogen (secondary N) is 1. The number of carbonyl (C=O) groups excluding carboxylic acids is 1. The lowest BCUT2D eigenvalue weighted by molar-refractivity contribution is 0.0937. The molecule has 0 atom stereocenters. The smallest absolute Gasteiger partial charge is 0.273 e. The molecule has 11 heteroatoms. The maximum Gasteiger partial charge on any atom is 0.273 e. The van der Waals surface area contributed by atoms with E-state index >= 15 is 0 Å². The van der Waals surface area contributed by atoms with Gasteiger partial charge in [-0.1, -0.05) is 17.3 Å². The fraction of sp³-hybridized carbons (Fsp3) is 0.0952. The van der Waals surface area contributed by atoms with Crippen LogP contribution in [0.25, 0.3) is 28.6 Å². The fourth-order valence-corrected chi connectivity index (χ4v) is 2.98. The normalized spacial score (nSPS) is 11.0. The van der Waals surface area contributed by atoms with E-state index < -0.39 is 5.91 Å². The Kier molecular flexibility index (Phi) is 5.04. The fourth-order valence-electron chi connectivity index (χ4n) is 2.98. The zero-order valence-electron chi connectivity index (χ0n) is 16.4. The number of benzene rings is 1. The summed E-state index contributed by atoms with van der Waals surface area (Å²) in [6.45, 7) is 0.366.